The molecule has 2 aliphatic heterocycles. The number of piperidine rings is 2. The van der Waals surface area contributed by atoms with Crippen LogP contribution in [0.1, 0.15) is 30.5 Å². The fraction of sp³-hybridized carbons (Fsp3) is 0.688. The van der Waals surface area contributed by atoms with Gasteiger partial charge in [-0.2, -0.15) is 0 Å². The number of anilines is 1. The van der Waals surface area contributed by atoms with E-state index in [1.54, 1.807) is 0 Å². The van der Waals surface area contributed by atoms with Crippen LogP contribution < -0.4 is 4.90 Å². The first kappa shape index (κ1) is 13.8. The van der Waals surface area contributed by atoms with Crippen molar-refractivity contribution < 1.29 is 5.11 Å². The molecule has 0 amide bonds. The largest absolute Gasteiger partial charge is 0.392 e. The van der Waals surface area contributed by atoms with Crippen molar-refractivity contribution in [2.45, 2.75) is 38.8 Å². The van der Waals surface area contributed by atoms with Gasteiger partial charge in [0.05, 0.1) is 6.61 Å². The number of fused-ring (bicyclic) bond motifs is 1. The molecule has 1 N–H and O–H groups in total. The normalized spacial score (nSPS) is 27.4. The number of aryl methyl sites for hydroxylation is 1. The number of aliphatic hydroxyl groups is 1. The van der Waals surface area contributed by atoms with E-state index in [0.717, 1.165) is 36.3 Å². The SMILES string of the molecule is Cc1cc(N2CCC3C(CCCN3C)C2)c(CO)cn1. The molecule has 1 aromatic rings. The first-order chi connectivity index (χ1) is 9.69. The monoisotopic (exact) mass is 275 g/mol. The number of hydrogen-bond acceptors (Lipinski definition) is 4. The zero-order valence-corrected chi connectivity index (χ0v) is 12.5. The second-order valence-corrected chi connectivity index (χ2v) is 6.30. The Kier molecular flexibility index (Phi) is 3.94. The highest BCUT2D eigenvalue weighted by atomic mass is 16.3. The molecule has 0 aliphatic carbocycles. The lowest BCUT2D eigenvalue weighted by Crippen LogP contribution is -2.52. The molecule has 0 bridgehead atoms. The van der Waals surface area contributed by atoms with Gasteiger partial charge in [0.15, 0.2) is 0 Å². The van der Waals surface area contributed by atoms with Crippen LogP contribution in [0, 0.1) is 12.8 Å². The fourth-order valence-electron chi connectivity index (χ4n) is 3.86. The number of nitrogens with zero attached hydrogens (tertiary/aromatic N) is 3. The van der Waals surface area contributed by atoms with Crippen LogP contribution in [0.15, 0.2) is 12.3 Å². The second-order valence-electron chi connectivity index (χ2n) is 6.30. The molecule has 20 heavy (non-hydrogen) atoms. The van der Waals surface area contributed by atoms with Crippen molar-refractivity contribution in [1.29, 1.82) is 0 Å². The van der Waals surface area contributed by atoms with E-state index in [1.807, 2.05) is 13.1 Å². The highest BCUT2D eigenvalue weighted by molar-refractivity contribution is 5.54. The zero-order valence-electron chi connectivity index (χ0n) is 12.5. The van der Waals surface area contributed by atoms with Crippen molar-refractivity contribution in [3.8, 4) is 0 Å². The maximum atomic E-state index is 9.54. The summed E-state index contributed by atoms with van der Waals surface area (Å²) < 4.78 is 0. The summed E-state index contributed by atoms with van der Waals surface area (Å²) in [5.74, 6) is 0.766. The van der Waals surface area contributed by atoms with E-state index in [0.29, 0.717) is 0 Å². The van der Waals surface area contributed by atoms with E-state index in [2.05, 4.69) is 27.9 Å². The Morgan fingerprint density at radius 1 is 1.35 bits per heavy atom. The van der Waals surface area contributed by atoms with Gasteiger partial charge in [-0.15, -0.1) is 0 Å². The van der Waals surface area contributed by atoms with Crippen LogP contribution in [-0.4, -0.2) is 47.7 Å². The molecule has 0 radical (unpaired) electrons. The highest BCUT2D eigenvalue weighted by Gasteiger charge is 2.34. The lowest BCUT2D eigenvalue weighted by atomic mass is 9.84. The average molecular weight is 275 g/mol. The first-order valence-electron chi connectivity index (χ1n) is 7.70. The van der Waals surface area contributed by atoms with Crippen LogP contribution >= 0.6 is 0 Å². The second kappa shape index (κ2) is 5.70. The molecule has 0 spiro atoms. The maximum absolute atomic E-state index is 9.54. The van der Waals surface area contributed by atoms with Crippen molar-refractivity contribution in [3.63, 3.8) is 0 Å². The predicted molar refractivity (Wildman–Crippen MR) is 80.9 cm³/mol. The van der Waals surface area contributed by atoms with E-state index in [4.69, 9.17) is 0 Å². The van der Waals surface area contributed by atoms with Gasteiger partial charge in [0.25, 0.3) is 0 Å². The molecule has 2 atom stereocenters. The van der Waals surface area contributed by atoms with Crippen molar-refractivity contribution in [2.75, 3.05) is 31.6 Å². The number of aromatic nitrogens is 1. The lowest BCUT2D eigenvalue weighted by molar-refractivity contribution is 0.102. The number of pyridine rings is 1. The predicted octanol–water partition coefficient (Wildman–Crippen LogP) is 1.80. The third kappa shape index (κ3) is 2.54. The van der Waals surface area contributed by atoms with Crippen LogP contribution in [0.25, 0.3) is 0 Å². The minimum absolute atomic E-state index is 0.0765. The number of rotatable bonds is 2. The van der Waals surface area contributed by atoms with Gasteiger partial charge < -0.3 is 14.9 Å². The van der Waals surface area contributed by atoms with E-state index in [-0.39, 0.29) is 6.61 Å². The maximum Gasteiger partial charge on any atom is 0.0717 e. The van der Waals surface area contributed by atoms with Crippen LogP contribution in [0.3, 0.4) is 0 Å². The van der Waals surface area contributed by atoms with Crippen LogP contribution in [0.4, 0.5) is 5.69 Å². The standard InChI is InChI=1S/C16H25N3O/c1-12-8-16(14(11-20)9-17-12)19-7-5-15-13(10-19)4-3-6-18(15)2/h8-9,13,15,20H,3-7,10-11H2,1-2H3. The molecule has 4 heteroatoms. The molecular weight excluding hydrogens is 250 g/mol. The van der Waals surface area contributed by atoms with Gasteiger partial charge in [0, 0.05) is 42.3 Å². The van der Waals surface area contributed by atoms with Crippen molar-refractivity contribution in [3.05, 3.63) is 23.5 Å². The third-order valence-corrected chi connectivity index (χ3v) is 4.96. The Hall–Kier alpha value is -1.13. The molecule has 4 nitrogen and oxygen atoms in total. The third-order valence-electron chi connectivity index (χ3n) is 4.96. The Balaban J connectivity index is 1.81. The summed E-state index contributed by atoms with van der Waals surface area (Å²) >= 11 is 0. The minimum Gasteiger partial charge on any atom is -0.392 e. The summed E-state index contributed by atoms with van der Waals surface area (Å²) in [7, 11) is 2.27. The van der Waals surface area contributed by atoms with Gasteiger partial charge in [0.2, 0.25) is 0 Å². The smallest absolute Gasteiger partial charge is 0.0717 e. The molecule has 0 saturated carbocycles. The summed E-state index contributed by atoms with van der Waals surface area (Å²) in [6, 6.07) is 2.87. The van der Waals surface area contributed by atoms with E-state index in [9.17, 15) is 5.11 Å². The summed E-state index contributed by atoms with van der Waals surface area (Å²) in [4.78, 5) is 9.30. The summed E-state index contributed by atoms with van der Waals surface area (Å²) in [6.07, 6.45) is 5.70. The van der Waals surface area contributed by atoms with Gasteiger partial charge in [-0.3, -0.25) is 4.98 Å². The summed E-state index contributed by atoms with van der Waals surface area (Å²) in [5.41, 5.74) is 3.17. The Morgan fingerprint density at radius 2 is 2.20 bits per heavy atom. The number of likely N-dealkylation sites (tertiary alicyclic amines) is 1. The van der Waals surface area contributed by atoms with Crippen molar-refractivity contribution in [1.82, 2.24) is 9.88 Å². The van der Waals surface area contributed by atoms with Gasteiger partial charge in [-0.25, -0.2) is 0 Å². The molecule has 0 aromatic carbocycles. The molecule has 3 rings (SSSR count). The van der Waals surface area contributed by atoms with Crippen LogP contribution in [-0.2, 0) is 6.61 Å². The van der Waals surface area contributed by atoms with Crippen LogP contribution in [0.5, 0.6) is 0 Å². The summed E-state index contributed by atoms with van der Waals surface area (Å²) in [6.45, 7) is 5.55. The van der Waals surface area contributed by atoms with Gasteiger partial charge in [0.1, 0.15) is 0 Å². The molecular formula is C16H25N3O. The summed E-state index contributed by atoms with van der Waals surface area (Å²) in [5, 5.41) is 9.54. The molecule has 110 valence electrons. The van der Waals surface area contributed by atoms with Gasteiger partial charge in [-0.05, 0) is 51.8 Å². The minimum atomic E-state index is 0.0765. The van der Waals surface area contributed by atoms with E-state index >= 15 is 0 Å². The molecule has 2 saturated heterocycles. The van der Waals surface area contributed by atoms with Gasteiger partial charge >= 0.3 is 0 Å². The Bertz CT molecular complexity index is 477. The highest BCUT2D eigenvalue weighted by Crippen LogP contribution is 2.33. The fourth-order valence-corrected chi connectivity index (χ4v) is 3.86. The topological polar surface area (TPSA) is 39.6 Å². The van der Waals surface area contributed by atoms with Gasteiger partial charge in [-0.1, -0.05) is 0 Å². The molecule has 2 unspecified atom stereocenters. The lowest BCUT2D eigenvalue weighted by Gasteiger charge is -2.47. The first-order valence-corrected chi connectivity index (χ1v) is 7.70. The van der Waals surface area contributed by atoms with Crippen molar-refractivity contribution in [2.24, 2.45) is 5.92 Å². The van der Waals surface area contributed by atoms with Crippen molar-refractivity contribution >= 4 is 5.69 Å². The number of hydrogen-bond donors (Lipinski definition) is 1. The van der Waals surface area contributed by atoms with E-state index < -0.39 is 0 Å². The molecule has 3 heterocycles. The average Bonchev–Trinajstić information content (AvgIpc) is 2.47. The quantitative estimate of drug-likeness (QED) is 0.893. The molecule has 1 aromatic heterocycles. The molecule has 2 aliphatic rings. The van der Waals surface area contributed by atoms with Crippen LogP contribution in [0.2, 0.25) is 0 Å². The number of aliphatic hydroxyl groups excluding tert-OH is 1. The zero-order chi connectivity index (χ0) is 14.1. The van der Waals surface area contributed by atoms with E-state index in [1.165, 1.54) is 31.5 Å². The molecule has 2 fully saturated rings. The Labute approximate surface area is 121 Å². The Morgan fingerprint density at radius 3 is 3.00 bits per heavy atom.